The zero-order chi connectivity index (χ0) is 17.3. The van der Waals surface area contributed by atoms with Crippen LogP contribution in [-0.4, -0.2) is 26.1 Å². The number of anilines is 1. The molecule has 0 radical (unpaired) electrons. The zero-order valence-electron chi connectivity index (χ0n) is 13.0. The van der Waals surface area contributed by atoms with Gasteiger partial charge in [-0.1, -0.05) is 35.4 Å². The highest BCUT2D eigenvalue weighted by Crippen LogP contribution is 2.27. The first-order valence-corrected chi connectivity index (χ1v) is 9.52. The number of benzene rings is 2. The van der Waals surface area contributed by atoms with Crippen LogP contribution >= 0.6 is 11.6 Å². The predicted octanol–water partition coefficient (Wildman–Crippen LogP) is 3.61. The highest BCUT2D eigenvalue weighted by molar-refractivity contribution is 7.94. The number of halogens is 1. The van der Waals surface area contributed by atoms with E-state index in [1.54, 1.807) is 42.5 Å². The lowest BCUT2D eigenvalue weighted by Gasteiger charge is -2.28. The van der Waals surface area contributed by atoms with Crippen molar-refractivity contribution < 1.29 is 13.2 Å². The van der Waals surface area contributed by atoms with Gasteiger partial charge in [-0.3, -0.25) is 4.79 Å². The molecule has 1 heterocycles. The molecular formula is C18H16ClNO3S. The van der Waals surface area contributed by atoms with Gasteiger partial charge in [-0.25, -0.2) is 8.42 Å². The SMILES string of the molecule is Cc1ccc(C(=O)N(c2cccc(Cl)c2)[C@@H]2C=CS(=O)(=O)C2)cc1. The van der Waals surface area contributed by atoms with Crippen LogP contribution in [0.2, 0.25) is 5.02 Å². The number of sulfone groups is 1. The molecule has 0 saturated carbocycles. The molecule has 0 fully saturated rings. The molecule has 1 amide bonds. The van der Waals surface area contributed by atoms with E-state index in [1.165, 1.54) is 4.90 Å². The monoisotopic (exact) mass is 361 g/mol. The maximum Gasteiger partial charge on any atom is 0.258 e. The molecule has 0 N–H and O–H groups in total. The average Bonchev–Trinajstić information content (AvgIpc) is 2.88. The van der Waals surface area contributed by atoms with Gasteiger partial charge in [0.1, 0.15) is 0 Å². The lowest BCUT2D eigenvalue weighted by atomic mass is 10.1. The van der Waals surface area contributed by atoms with Crippen LogP contribution in [0.15, 0.2) is 60.0 Å². The molecule has 4 nitrogen and oxygen atoms in total. The number of hydrogen-bond acceptors (Lipinski definition) is 3. The van der Waals surface area contributed by atoms with Crippen molar-refractivity contribution in [1.82, 2.24) is 0 Å². The lowest BCUT2D eigenvalue weighted by Crippen LogP contribution is -2.41. The van der Waals surface area contributed by atoms with Gasteiger partial charge in [0.05, 0.1) is 11.8 Å². The molecule has 24 heavy (non-hydrogen) atoms. The van der Waals surface area contributed by atoms with E-state index in [1.807, 2.05) is 19.1 Å². The number of rotatable bonds is 3. The van der Waals surface area contributed by atoms with Gasteiger partial charge in [0, 0.05) is 21.7 Å². The minimum absolute atomic E-state index is 0.128. The number of carbonyl (C=O) groups is 1. The van der Waals surface area contributed by atoms with E-state index in [9.17, 15) is 13.2 Å². The Morgan fingerprint density at radius 3 is 2.46 bits per heavy atom. The fourth-order valence-electron chi connectivity index (χ4n) is 2.64. The molecule has 2 aromatic carbocycles. The van der Waals surface area contributed by atoms with Crippen LogP contribution in [0.4, 0.5) is 5.69 Å². The van der Waals surface area contributed by atoms with Crippen molar-refractivity contribution in [3.8, 4) is 0 Å². The van der Waals surface area contributed by atoms with Crippen LogP contribution in [0.3, 0.4) is 0 Å². The Morgan fingerprint density at radius 1 is 1.17 bits per heavy atom. The summed E-state index contributed by atoms with van der Waals surface area (Å²) in [4.78, 5) is 14.5. The molecule has 6 heteroatoms. The van der Waals surface area contributed by atoms with Crippen molar-refractivity contribution in [2.75, 3.05) is 10.7 Å². The largest absolute Gasteiger partial charge is 0.300 e. The highest BCUT2D eigenvalue weighted by atomic mass is 35.5. The van der Waals surface area contributed by atoms with Gasteiger partial charge in [0.2, 0.25) is 0 Å². The second-order valence-corrected chi connectivity index (χ2v) is 8.11. The smallest absolute Gasteiger partial charge is 0.258 e. The predicted molar refractivity (Wildman–Crippen MR) is 96.2 cm³/mol. The second kappa shape index (κ2) is 6.42. The van der Waals surface area contributed by atoms with E-state index in [4.69, 9.17) is 11.6 Å². The summed E-state index contributed by atoms with van der Waals surface area (Å²) in [7, 11) is -3.29. The van der Waals surface area contributed by atoms with Crippen molar-refractivity contribution in [2.24, 2.45) is 0 Å². The fourth-order valence-corrected chi connectivity index (χ4v) is 4.09. The average molecular weight is 362 g/mol. The van der Waals surface area contributed by atoms with Crippen LogP contribution in [0.1, 0.15) is 15.9 Å². The summed E-state index contributed by atoms with van der Waals surface area (Å²) in [6.07, 6.45) is 1.54. The van der Waals surface area contributed by atoms with Crippen molar-refractivity contribution in [3.63, 3.8) is 0 Å². The molecule has 1 aliphatic heterocycles. The van der Waals surface area contributed by atoms with Crippen molar-refractivity contribution in [2.45, 2.75) is 13.0 Å². The summed E-state index contributed by atoms with van der Waals surface area (Å²) < 4.78 is 23.6. The summed E-state index contributed by atoms with van der Waals surface area (Å²) >= 11 is 6.05. The van der Waals surface area contributed by atoms with Crippen LogP contribution in [-0.2, 0) is 9.84 Å². The van der Waals surface area contributed by atoms with Gasteiger partial charge >= 0.3 is 0 Å². The second-order valence-electron chi connectivity index (χ2n) is 5.75. The number of aryl methyl sites for hydroxylation is 1. The molecular weight excluding hydrogens is 346 g/mol. The maximum absolute atomic E-state index is 13.0. The molecule has 2 aromatic rings. The maximum atomic E-state index is 13.0. The Bertz CT molecular complexity index is 904. The molecule has 0 spiro atoms. The van der Waals surface area contributed by atoms with Crippen LogP contribution in [0.25, 0.3) is 0 Å². The first-order chi connectivity index (χ1) is 11.4. The summed E-state index contributed by atoms with van der Waals surface area (Å²) in [5.41, 5.74) is 2.11. The van der Waals surface area contributed by atoms with Gasteiger partial charge in [-0.15, -0.1) is 0 Å². The quantitative estimate of drug-likeness (QED) is 0.839. The van der Waals surface area contributed by atoms with Crippen LogP contribution < -0.4 is 4.90 Å². The molecule has 124 valence electrons. The van der Waals surface area contributed by atoms with E-state index in [-0.39, 0.29) is 11.7 Å². The Kier molecular flexibility index (Phi) is 4.47. The number of nitrogens with zero attached hydrogens (tertiary/aromatic N) is 1. The number of carbonyl (C=O) groups excluding carboxylic acids is 1. The Labute approximate surface area is 146 Å². The van der Waals surface area contributed by atoms with Crippen molar-refractivity contribution in [1.29, 1.82) is 0 Å². The third-order valence-corrected chi connectivity index (χ3v) is 5.46. The van der Waals surface area contributed by atoms with E-state index < -0.39 is 15.9 Å². The van der Waals surface area contributed by atoms with Gasteiger partial charge in [0.15, 0.2) is 9.84 Å². The summed E-state index contributed by atoms with van der Waals surface area (Å²) in [5.74, 6) is -0.388. The summed E-state index contributed by atoms with van der Waals surface area (Å²) in [5, 5.41) is 1.65. The molecule has 3 rings (SSSR count). The molecule has 0 bridgehead atoms. The summed E-state index contributed by atoms with van der Waals surface area (Å²) in [6.45, 7) is 1.94. The molecule has 0 aliphatic carbocycles. The Balaban J connectivity index is 2.03. The zero-order valence-corrected chi connectivity index (χ0v) is 14.6. The minimum Gasteiger partial charge on any atom is -0.300 e. The van der Waals surface area contributed by atoms with Crippen molar-refractivity contribution in [3.05, 3.63) is 76.2 Å². The van der Waals surface area contributed by atoms with E-state index in [0.717, 1.165) is 11.0 Å². The summed E-state index contributed by atoms with van der Waals surface area (Å²) in [6, 6.07) is 13.5. The van der Waals surface area contributed by atoms with Gasteiger partial charge in [-0.2, -0.15) is 0 Å². The Morgan fingerprint density at radius 2 is 1.88 bits per heavy atom. The molecule has 1 atom stereocenters. The Hall–Kier alpha value is -2.11. The minimum atomic E-state index is -3.29. The van der Waals surface area contributed by atoms with E-state index >= 15 is 0 Å². The number of hydrogen-bond donors (Lipinski definition) is 0. The van der Waals surface area contributed by atoms with E-state index in [2.05, 4.69) is 0 Å². The lowest BCUT2D eigenvalue weighted by molar-refractivity contribution is 0.0983. The molecule has 0 unspecified atom stereocenters. The number of amides is 1. The fraction of sp³-hybridized carbons (Fsp3) is 0.167. The van der Waals surface area contributed by atoms with Crippen LogP contribution in [0, 0.1) is 6.92 Å². The third kappa shape index (κ3) is 3.52. The topological polar surface area (TPSA) is 54.5 Å². The molecule has 1 aliphatic rings. The van der Waals surface area contributed by atoms with Gasteiger partial charge in [0.25, 0.3) is 5.91 Å². The standard InChI is InChI=1S/C18H16ClNO3S/c1-13-5-7-14(8-6-13)18(21)20(16-4-2-3-15(19)11-16)17-9-10-24(22,23)12-17/h2-11,17H,12H2,1H3/t17-/m1/s1. The molecule has 0 saturated heterocycles. The first-order valence-electron chi connectivity index (χ1n) is 7.42. The van der Waals surface area contributed by atoms with Crippen molar-refractivity contribution >= 4 is 33.0 Å². The highest BCUT2D eigenvalue weighted by Gasteiger charge is 2.32. The van der Waals surface area contributed by atoms with Gasteiger partial charge in [-0.05, 0) is 43.3 Å². The normalized spacial score (nSPS) is 18.5. The van der Waals surface area contributed by atoms with Crippen LogP contribution in [0.5, 0.6) is 0 Å². The first kappa shape index (κ1) is 16.7. The molecule has 0 aromatic heterocycles. The third-order valence-electron chi connectivity index (χ3n) is 3.85. The van der Waals surface area contributed by atoms with E-state index in [0.29, 0.717) is 16.3 Å². The van der Waals surface area contributed by atoms with Gasteiger partial charge < -0.3 is 4.90 Å².